The van der Waals surface area contributed by atoms with Gasteiger partial charge in [-0.1, -0.05) is 13.8 Å². The van der Waals surface area contributed by atoms with E-state index in [1.807, 2.05) is 6.07 Å². The van der Waals surface area contributed by atoms with E-state index in [1.54, 1.807) is 0 Å². The fourth-order valence-corrected chi connectivity index (χ4v) is 2.30. The Kier molecular flexibility index (Phi) is 4.24. The average molecular weight is 248 g/mol. The molecule has 1 atom stereocenters. The summed E-state index contributed by atoms with van der Waals surface area (Å²) in [6.45, 7) is 5.60. The average Bonchev–Trinajstić information content (AvgIpc) is 2.61. The first kappa shape index (κ1) is 12.9. The highest BCUT2D eigenvalue weighted by Crippen LogP contribution is 2.36. The molecule has 1 aliphatic heterocycles. The molecule has 2 rings (SSSR count). The van der Waals surface area contributed by atoms with Crippen molar-refractivity contribution in [2.45, 2.75) is 39.0 Å². The maximum Gasteiger partial charge on any atom is 0.161 e. The van der Waals surface area contributed by atoms with Gasteiger partial charge in [0, 0.05) is 12.8 Å². The zero-order valence-electron chi connectivity index (χ0n) is 11.1. The van der Waals surface area contributed by atoms with Crippen LogP contribution in [0.3, 0.4) is 0 Å². The van der Waals surface area contributed by atoms with E-state index in [9.17, 15) is 4.79 Å². The van der Waals surface area contributed by atoms with E-state index in [4.69, 9.17) is 9.47 Å². The zero-order valence-corrected chi connectivity index (χ0v) is 11.1. The largest absolute Gasteiger partial charge is 0.490 e. The van der Waals surface area contributed by atoms with E-state index < -0.39 is 0 Å². The van der Waals surface area contributed by atoms with Crippen molar-refractivity contribution in [2.75, 3.05) is 13.2 Å². The molecule has 0 spiro atoms. The Morgan fingerprint density at radius 3 is 2.56 bits per heavy atom. The number of rotatable bonds is 4. The molecule has 98 valence electrons. The van der Waals surface area contributed by atoms with Crippen LogP contribution < -0.4 is 9.47 Å². The number of fused-ring (bicyclic) bond motifs is 1. The van der Waals surface area contributed by atoms with Crippen molar-refractivity contribution in [3.05, 3.63) is 23.3 Å². The minimum absolute atomic E-state index is 0.231. The van der Waals surface area contributed by atoms with Gasteiger partial charge in [0.05, 0.1) is 13.2 Å². The Morgan fingerprint density at radius 1 is 1.28 bits per heavy atom. The van der Waals surface area contributed by atoms with Gasteiger partial charge in [-0.2, -0.15) is 0 Å². The lowest BCUT2D eigenvalue weighted by molar-refractivity contribution is -0.108. The maximum absolute atomic E-state index is 10.7. The molecule has 0 aromatic heterocycles. The number of benzene rings is 1. The number of carbonyl (C=O) groups excluding carboxylic acids is 1. The second-order valence-electron chi connectivity index (χ2n) is 4.71. The summed E-state index contributed by atoms with van der Waals surface area (Å²) in [6.07, 6.45) is 3.38. The Hall–Kier alpha value is -1.51. The third-order valence-electron chi connectivity index (χ3n) is 3.37. The predicted molar refractivity (Wildman–Crippen MR) is 70.5 cm³/mol. The third-order valence-corrected chi connectivity index (χ3v) is 3.37. The number of aryl methyl sites for hydroxylation is 1. The van der Waals surface area contributed by atoms with Gasteiger partial charge in [-0.3, -0.25) is 0 Å². The molecule has 18 heavy (non-hydrogen) atoms. The van der Waals surface area contributed by atoms with Crippen LogP contribution >= 0.6 is 0 Å². The van der Waals surface area contributed by atoms with Crippen molar-refractivity contribution < 1.29 is 14.3 Å². The minimum atomic E-state index is 0.231. The molecular weight excluding hydrogens is 228 g/mol. The zero-order chi connectivity index (χ0) is 13.0. The molecule has 0 fully saturated rings. The number of ether oxygens (including phenoxy) is 2. The van der Waals surface area contributed by atoms with Crippen molar-refractivity contribution >= 4 is 6.29 Å². The van der Waals surface area contributed by atoms with Crippen LogP contribution in [0.25, 0.3) is 0 Å². The number of aldehydes is 1. The van der Waals surface area contributed by atoms with Crippen LogP contribution in [0.4, 0.5) is 0 Å². The second-order valence-corrected chi connectivity index (χ2v) is 4.71. The first-order valence-electron chi connectivity index (χ1n) is 6.62. The molecule has 1 aliphatic rings. The summed E-state index contributed by atoms with van der Waals surface area (Å²) in [5.74, 6) is 1.89. The van der Waals surface area contributed by atoms with E-state index in [-0.39, 0.29) is 5.92 Å². The van der Waals surface area contributed by atoms with E-state index in [1.165, 1.54) is 11.1 Å². The summed E-state index contributed by atoms with van der Waals surface area (Å²) in [5.41, 5.74) is 2.45. The molecule has 1 aromatic carbocycles. The van der Waals surface area contributed by atoms with Crippen LogP contribution in [0.1, 0.15) is 43.7 Å². The summed E-state index contributed by atoms with van der Waals surface area (Å²) in [7, 11) is 0. The molecule has 1 aromatic rings. The highest BCUT2D eigenvalue weighted by atomic mass is 16.5. The van der Waals surface area contributed by atoms with Crippen LogP contribution in [0.5, 0.6) is 11.5 Å². The minimum Gasteiger partial charge on any atom is -0.490 e. The van der Waals surface area contributed by atoms with E-state index in [0.717, 1.165) is 30.6 Å². The molecule has 0 radical (unpaired) electrons. The van der Waals surface area contributed by atoms with Crippen molar-refractivity contribution in [3.8, 4) is 11.5 Å². The molecule has 1 unspecified atom stereocenters. The molecule has 3 heteroatoms. The highest BCUT2D eigenvalue weighted by Gasteiger charge is 2.17. The van der Waals surface area contributed by atoms with Crippen molar-refractivity contribution in [3.63, 3.8) is 0 Å². The Bertz CT molecular complexity index is 426. The van der Waals surface area contributed by atoms with Crippen molar-refractivity contribution in [2.24, 2.45) is 0 Å². The van der Waals surface area contributed by atoms with Crippen LogP contribution in [0, 0.1) is 0 Å². The lowest BCUT2D eigenvalue weighted by Crippen LogP contribution is -2.02. The molecule has 3 nitrogen and oxygen atoms in total. The van der Waals surface area contributed by atoms with Crippen LogP contribution in [0.15, 0.2) is 12.1 Å². The maximum atomic E-state index is 10.7. The smallest absolute Gasteiger partial charge is 0.161 e. The molecule has 0 amide bonds. The van der Waals surface area contributed by atoms with Gasteiger partial charge in [0.1, 0.15) is 6.29 Å². The van der Waals surface area contributed by atoms with Gasteiger partial charge in [-0.25, -0.2) is 0 Å². The third kappa shape index (κ3) is 2.66. The molecule has 0 bridgehead atoms. The van der Waals surface area contributed by atoms with Gasteiger partial charge in [0.2, 0.25) is 0 Å². The lowest BCUT2D eigenvalue weighted by atomic mass is 9.92. The standard InChI is InChI=1S/C15H20O3/c1-3-12-9-14-15(18-8-4-7-17-14)10-13(12)11(2)5-6-16/h6,9-11H,3-5,7-8H2,1-2H3. The van der Waals surface area contributed by atoms with Crippen LogP contribution in [0.2, 0.25) is 0 Å². The summed E-state index contributed by atoms with van der Waals surface area (Å²) >= 11 is 0. The molecule has 0 N–H and O–H groups in total. The van der Waals surface area contributed by atoms with E-state index >= 15 is 0 Å². The fraction of sp³-hybridized carbons (Fsp3) is 0.533. The topological polar surface area (TPSA) is 35.5 Å². The number of hydrogen-bond acceptors (Lipinski definition) is 3. The monoisotopic (exact) mass is 248 g/mol. The predicted octanol–water partition coefficient (Wildman–Crippen LogP) is 3.10. The van der Waals surface area contributed by atoms with E-state index in [2.05, 4.69) is 19.9 Å². The Balaban J connectivity index is 2.39. The second kappa shape index (κ2) is 5.89. The van der Waals surface area contributed by atoms with Gasteiger partial charge in [0.25, 0.3) is 0 Å². The molecule has 0 aliphatic carbocycles. The summed E-state index contributed by atoms with van der Waals surface area (Å²) < 4.78 is 11.4. The van der Waals surface area contributed by atoms with Gasteiger partial charge in [0.15, 0.2) is 11.5 Å². The van der Waals surface area contributed by atoms with Gasteiger partial charge >= 0.3 is 0 Å². The fourth-order valence-electron chi connectivity index (χ4n) is 2.30. The number of hydrogen-bond donors (Lipinski definition) is 0. The summed E-state index contributed by atoms with van der Waals surface area (Å²) in [5, 5.41) is 0. The van der Waals surface area contributed by atoms with Crippen LogP contribution in [-0.2, 0) is 11.2 Å². The first-order valence-corrected chi connectivity index (χ1v) is 6.62. The summed E-state index contributed by atoms with van der Waals surface area (Å²) in [6, 6.07) is 4.12. The molecule has 0 saturated heterocycles. The Morgan fingerprint density at radius 2 is 1.94 bits per heavy atom. The molecular formula is C15H20O3. The van der Waals surface area contributed by atoms with E-state index in [0.29, 0.717) is 19.6 Å². The van der Waals surface area contributed by atoms with Crippen LogP contribution in [-0.4, -0.2) is 19.5 Å². The first-order chi connectivity index (χ1) is 8.76. The normalized spacial score (nSPS) is 15.9. The van der Waals surface area contributed by atoms with Gasteiger partial charge in [-0.15, -0.1) is 0 Å². The lowest BCUT2D eigenvalue weighted by Gasteiger charge is -2.17. The number of carbonyl (C=O) groups is 1. The summed E-state index contributed by atoms with van der Waals surface area (Å²) in [4.78, 5) is 10.7. The van der Waals surface area contributed by atoms with Crippen molar-refractivity contribution in [1.82, 2.24) is 0 Å². The van der Waals surface area contributed by atoms with Crippen molar-refractivity contribution in [1.29, 1.82) is 0 Å². The molecule has 1 heterocycles. The SMILES string of the molecule is CCc1cc2c(cc1C(C)CC=O)OCCCO2. The quantitative estimate of drug-likeness (QED) is 0.768. The van der Waals surface area contributed by atoms with Gasteiger partial charge in [-0.05, 0) is 35.6 Å². The molecule has 0 saturated carbocycles. The highest BCUT2D eigenvalue weighted by molar-refractivity contribution is 5.54. The Labute approximate surface area is 108 Å². The van der Waals surface area contributed by atoms with Gasteiger partial charge < -0.3 is 14.3 Å².